The van der Waals surface area contributed by atoms with Gasteiger partial charge in [-0.25, -0.2) is 4.39 Å². The Morgan fingerprint density at radius 3 is 2.83 bits per heavy atom. The van der Waals surface area contributed by atoms with E-state index in [9.17, 15) is 14.3 Å². The van der Waals surface area contributed by atoms with Crippen molar-refractivity contribution in [2.45, 2.75) is 25.4 Å². The van der Waals surface area contributed by atoms with Crippen molar-refractivity contribution in [1.29, 1.82) is 0 Å². The summed E-state index contributed by atoms with van der Waals surface area (Å²) in [6.45, 7) is 0. The van der Waals surface area contributed by atoms with Gasteiger partial charge in [0.05, 0.1) is 26.7 Å². The Morgan fingerprint density at radius 2 is 2.10 bits per heavy atom. The lowest BCUT2D eigenvalue weighted by molar-refractivity contribution is -0.140. The number of hydrogen-bond acceptors (Lipinski definition) is 4. The number of aliphatic hydroxyl groups is 1. The molecule has 154 valence electrons. The number of methoxy groups -OCH3 is 2. The third-order valence-electron chi connectivity index (χ3n) is 5.07. The van der Waals surface area contributed by atoms with Crippen molar-refractivity contribution < 1.29 is 23.8 Å². The average Bonchev–Trinajstić information content (AvgIpc) is 3.20. The summed E-state index contributed by atoms with van der Waals surface area (Å²) in [6, 6.07) is 8.46. The van der Waals surface area contributed by atoms with E-state index in [1.807, 2.05) is 29.0 Å². The number of allylic oxidation sites excluding steroid dienone is 3. The van der Waals surface area contributed by atoms with E-state index < -0.39 is 17.8 Å². The Labute approximate surface area is 174 Å². The van der Waals surface area contributed by atoms with Gasteiger partial charge in [-0.15, -0.1) is 0 Å². The van der Waals surface area contributed by atoms with Crippen LogP contribution >= 0.6 is 11.6 Å². The van der Waals surface area contributed by atoms with Crippen molar-refractivity contribution in [3.05, 3.63) is 70.8 Å². The van der Waals surface area contributed by atoms with Gasteiger partial charge in [-0.1, -0.05) is 23.7 Å². The molecule has 0 saturated carbocycles. The van der Waals surface area contributed by atoms with Crippen molar-refractivity contribution in [3.63, 3.8) is 0 Å². The molecule has 0 spiro atoms. The number of carbonyl (C=O) groups excluding carboxylic acids is 1. The molecule has 1 aromatic carbocycles. The maximum absolute atomic E-state index is 14.8. The second-order valence-electron chi connectivity index (χ2n) is 6.77. The summed E-state index contributed by atoms with van der Waals surface area (Å²) in [7, 11) is 2.74. The quantitative estimate of drug-likeness (QED) is 0.673. The fraction of sp³-hybridized carbons (Fsp3) is 0.318. The first-order valence-corrected chi connectivity index (χ1v) is 9.64. The number of carbonyl (C=O) groups is 1. The SMILES string of the molecule is COC(=O)CCc1cccn1C1=CC=C(Cl)CC1C(O)c1cccc(OC)c1F. The minimum atomic E-state index is -1.13. The first-order valence-electron chi connectivity index (χ1n) is 9.26. The molecule has 0 radical (unpaired) electrons. The minimum Gasteiger partial charge on any atom is -0.494 e. The molecule has 2 atom stereocenters. The summed E-state index contributed by atoms with van der Waals surface area (Å²) in [5, 5.41) is 11.6. The molecule has 0 saturated heterocycles. The number of halogens is 2. The molecule has 1 heterocycles. The lowest BCUT2D eigenvalue weighted by Gasteiger charge is -2.30. The highest BCUT2D eigenvalue weighted by molar-refractivity contribution is 6.29. The minimum absolute atomic E-state index is 0.0734. The van der Waals surface area contributed by atoms with Gasteiger partial charge < -0.3 is 19.1 Å². The van der Waals surface area contributed by atoms with E-state index in [4.69, 9.17) is 21.1 Å². The van der Waals surface area contributed by atoms with Gasteiger partial charge in [0, 0.05) is 34.1 Å². The number of esters is 1. The third-order valence-corrected chi connectivity index (χ3v) is 5.35. The van der Waals surface area contributed by atoms with Crippen LogP contribution in [0.5, 0.6) is 5.75 Å². The number of benzene rings is 1. The Balaban J connectivity index is 1.94. The van der Waals surface area contributed by atoms with Crippen LogP contribution in [-0.4, -0.2) is 29.9 Å². The molecule has 2 unspecified atom stereocenters. The molecule has 7 heteroatoms. The van der Waals surface area contributed by atoms with E-state index in [0.717, 1.165) is 11.4 Å². The zero-order chi connectivity index (χ0) is 21.0. The van der Waals surface area contributed by atoms with Gasteiger partial charge >= 0.3 is 5.97 Å². The summed E-state index contributed by atoms with van der Waals surface area (Å²) in [5.74, 6) is -1.29. The van der Waals surface area contributed by atoms with Crippen molar-refractivity contribution in [2.24, 2.45) is 5.92 Å². The van der Waals surface area contributed by atoms with Crippen LogP contribution in [0.3, 0.4) is 0 Å². The van der Waals surface area contributed by atoms with Crippen molar-refractivity contribution in [3.8, 4) is 5.75 Å². The Kier molecular flexibility index (Phi) is 6.77. The highest BCUT2D eigenvalue weighted by Gasteiger charge is 2.31. The monoisotopic (exact) mass is 419 g/mol. The number of hydrogen-bond donors (Lipinski definition) is 1. The Morgan fingerprint density at radius 1 is 1.31 bits per heavy atom. The number of rotatable bonds is 7. The molecule has 1 aliphatic carbocycles. The largest absolute Gasteiger partial charge is 0.494 e. The summed E-state index contributed by atoms with van der Waals surface area (Å²) in [5.41, 5.74) is 1.81. The van der Waals surface area contributed by atoms with Crippen LogP contribution in [0.15, 0.2) is 53.7 Å². The van der Waals surface area contributed by atoms with E-state index in [0.29, 0.717) is 17.9 Å². The molecular weight excluding hydrogens is 397 g/mol. The Hall–Kier alpha value is -2.57. The van der Waals surface area contributed by atoms with E-state index in [-0.39, 0.29) is 23.7 Å². The zero-order valence-electron chi connectivity index (χ0n) is 16.3. The van der Waals surface area contributed by atoms with Crippen LogP contribution in [0.2, 0.25) is 0 Å². The van der Waals surface area contributed by atoms with Gasteiger partial charge in [0.25, 0.3) is 0 Å². The molecule has 3 rings (SSSR count). The second-order valence-corrected chi connectivity index (χ2v) is 7.26. The van der Waals surface area contributed by atoms with Crippen LogP contribution < -0.4 is 4.74 Å². The predicted octanol–water partition coefficient (Wildman–Crippen LogP) is 4.46. The van der Waals surface area contributed by atoms with Crippen LogP contribution in [0.25, 0.3) is 5.70 Å². The molecule has 5 nitrogen and oxygen atoms in total. The standard InChI is InChI=1S/C22H23ClFNO4/c1-28-19-7-3-6-16(21(19)24)22(27)17-13-14(23)8-10-18(17)25-12-4-5-15(25)9-11-20(26)29-2/h3-8,10,12,17,22,27H,9,11,13H2,1-2H3. The molecule has 1 N–H and O–H groups in total. The van der Waals surface area contributed by atoms with Crippen molar-refractivity contribution >= 4 is 23.3 Å². The van der Waals surface area contributed by atoms with E-state index >= 15 is 0 Å². The Bertz CT molecular complexity index is 950. The second kappa shape index (κ2) is 9.29. The fourth-order valence-electron chi connectivity index (χ4n) is 3.55. The molecule has 2 aromatic rings. The zero-order valence-corrected chi connectivity index (χ0v) is 17.0. The number of aryl methyl sites for hydroxylation is 1. The maximum atomic E-state index is 14.8. The molecule has 29 heavy (non-hydrogen) atoms. The molecule has 0 fully saturated rings. The summed E-state index contributed by atoms with van der Waals surface area (Å²) < 4.78 is 26.4. The topological polar surface area (TPSA) is 60.7 Å². The number of ether oxygens (including phenoxy) is 2. The molecule has 0 aliphatic heterocycles. The molecular formula is C22H23ClFNO4. The van der Waals surface area contributed by atoms with Gasteiger partial charge in [0.15, 0.2) is 11.6 Å². The van der Waals surface area contributed by atoms with Gasteiger partial charge in [0.2, 0.25) is 0 Å². The first kappa shape index (κ1) is 21.1. The van der Waals surface area contributed by atoms with Crippen LogP contribution in [0.1, 0.15) is 30.2 Å². The summed E-state index contributed by atoms with van der Waals surface area (Å²) in [4.78, 5) is 11.5. The molecule has 1 aliphatic rings. The smallest absolute Gasteiger partial charge is 0.305 e. The number of aromatic nitrogens is 1. The molecule has 1 aromatic heterocycles. The predicted molar refractivity (Wildman–Crippen MR) is 109 cm³/mol. The highest BCUT2D eigenvalue weighted by Crippen LogP contribution is 2.41. The van der Waals surface area contributed by atoms with Crippen LogP contribution in [-0.2, 0) is 16.0 Å². The number of nitrogens with zero attached hydrogens (tertiary/aromatic N) is 1. The third kappa shape index (κ3) is 4.54. The molecule has 0 amide bonds. The van der Waals surface area contributed by atoms with Crippen molar-refractivity contribution in [1.82, 2.24) is 4.57 Å². The van der Waals surface area contributed by atoms with Gasteiger partial charge in [-0.05, 0) is 43.2 Å². The van der Waals surface area contributed by atoms with E-state index in [1.165, 1.54) is 20.3 Å². The lowest BCUT2D eigenvalue weighted by atomic mass is 9.86. The number of aliphatic hydroxyl groups excluding tert-OH is 1. The first-order chi connectivity index (χ1) is 14.0. The van der Waals surface area contributed by atoms with Gasteiger partial charge in [-0.2, -0.15) is 0 Å². The van der Waals surface area contributed by atoms with Gasteiger partial charge in [0.1, 0.15) is 0 Å². The highest BCUT2D eigenvalue weighted by atomic mass is 35.5. The fourth-order valence-corrected chi connectivity index (χ4v) is 3.78. The van der Waals surface area contributed by atoms with Crippen molar-refractivity contribution in [2.75, 3.05) is 14.2 Å². The van der Waals surface area contributed by atoms with Crippen LogP contribution in [0, 0.1) is 11.7 Å². The van der Waals surface area contributed by atoms with E-state index in [1.54, 1.807) is 18.2 Å². The average molecular weight is 420 g/mol. The summed E-state index contributed by atoms with van der Waals surface area (Å²) >= 11 is 6.25. The van der Waals surface area contributed by atoms with E-state index in [2.05, 4.69) is 0 Å². The van der Waals surface area contributed by atoms with Gasteiger partial charge in [-0.3, -0.25) is 4.79 Å². The maximum Gasteiger partial charge on any atom is 0.305 e. The normalized spacial score (nSPS) is 17.3. The lowest BCUT2D eigenvalue weighted by Crippen LogP contribution is -2.22. The van der Waals surface area contributed by atoms with Crippen LogP contribution in [0.4, 0.5) is 4.39 Å². The molecule has 0 bridgehead atoms. The summed E-state index contributed by atoms with van der Waals surface area (Å²) in [6.07, 6.45) is 5.39.